The molecule has 0 aliphatic carbocycles. The second-order valence-electron chi connectivity index (χ2n) is 13.1. The van der Waals surface area contributed by atoms with E-state index in [0.717, 1.165) is 10.5 Å². The third kappa shape index (κ3) is 11.7. The van der Waals surface area contributed by atoms with Crippen LogP contribution in [0.25, 0.3) is 0 Å². The summed E-state index contributed by atoms with van der Waals surface area (Å²) in [5.41, 5.74) is -0.275. The maximum atomic E-state index is 14.3. The highest BCUT2D eigenvalue weighted by Crippen LogP contribution is 2.27. The largest absolute Gasteiger partial charge is 0.458 e. The highest BCUT2D eigenvalue weighted by Gasteiger charge is 2.39. The lowest BCUT2D eigenvalue weighted by molar-refractivity contribution is -0.159. The van der Waals surface area contributed by atoms with Crippen molar-refractivity contribution in [2.24, 2.45) is 5.92 Å². The molecular formula is C36H45N3O6. The van der Waals surface area contributed by atoms with Crippen molar-refractivity contribution < 1.29 is 28.7 Å². The van der Waals surface area contributed by atoms with Gasteiger partial charge < -0.3 is 20.1 Å². The van der Waals surface area contributed by atoms with Crippen LogP contribution in [-0.4, -0.2) is 52.1 Å². The Balaban J connectivity index is 2.60. The lowest BCUT2D eigenvalue weighted by Crippen LogP contribution is -2.54. The highest BCUT2D eigenvalue weighted by atomic mass is 16.6. The van der Waals surface area contributed by atoms with Crippen LogP contribution in [0.15, 0.2) is 54.6 Å². The van der Waals surface area contributed by atoms with Crippen molar-refractivity contribution in [2.45, 2.75) is 97.6 Å². The zero-order valence-corrected chi connectivity index (χ0v) is 27.5. The molecule has 0 saturated carbocycles. The van der Waals surface area contributed by atoms with Crippen LogP contribution in [0.2, 0.25) is 0 Å². The molecule has 9 nitrogen and oxygen atoms in total. The molecule has 0 saturated heterocycles. The summed E-state index contributed by atoms with van der Waals surface area (Å²) in [6, 6.07) is 14.3. The van der Waals surface area contributed by atoms with E-state index in [-0.39, 0.29) is 24.3 Å². The number of rotatable bonds is 11. The average molecular weight is 616 g/mol. The van der Waals surface area contributed by atoms with Crippen LogP contribution in [0, 0.1) is 30.7 Å². The molecular weight excluding hydrogens is 570 g/mol. The molecule has 3 atom stereocenters. The number of benzene rings is 2. The van der Waals surface area contributed by atoms with Crippen molar-refractivity contribution >= 4 is 23.9 Å². The monoisotopic (exact) mass is 615 g/mol. The Morgan fingerprint density at radius 1 is 0.822 bits per heavy atom. The third-order valence-corrected chi connectivity index (χ3v) is 6.28. The van der Waals surface area contributed by atoms with E-state index in [9.17, 15) is 19.2 Å². The molecule has 0 heterocycles. The van der Waals surface area contributed by atoms with Crippen LogP contribution in [0.3, 0.4) is 0 Å². The molecule has 3 unspecified atom stereocenters. The second kappa shape index (κ2) is 15.8. The highest BCUT2D eigenvalue weighted by molar-refractivity contribution is 5.95. The molecule has 0 fully saturated rings. The Kier molecular flexibility index (Phi) is 12.8. The second-order valence-corrected chi connectivity index (χ2v) is 13.1. The minimum absolute atomic E-state index is 0.0406. The third-order valence-electron chi connectivity index (χ3n) is 6.28. The molecule has 45 heavy (non-hydrogen) atoms. The van der Waals surface area contributed by atoms with Crippen molar-refractivity contribution in [2.75, 3.05) is 0 Å². The summed E-state index contributed by atoms with van der Waals surface area (Å²) >= 11 is 0. The fourth-order valence-corrected chi connectivity index (χ4v) is 4.51. The number of hydrogen-bond donors (Lipinski definition) is 2. The van der Waals surface area contributed by atoms with Gasteiger partial charge in [-0.3, -0.25) is 14.5 Å². The molecule has 0 spiro atoms. The van der Waals surface area contributed by atoms with Gasteiger partial charge in [-0.15, -0.1) is 6.42 Å². The number of ether oxygens (including phenoxy) is 2. The molecule has 3 amide bonds. The zero-order valence-electron chi connectivity index (χ0n) is 27.5. The minimum atomic E-state index is -1.45. The molecule has 0 aliphatic heterocycles. The number of nitrogens with zero attached hydrogens (tertiary/aromatic N) is 1. The topological polar surface area (TPSA) is 114 Å². The van der Waals surface area contributed by atoms with Gasteiger partial charge in [0.15, 0.2) is 0 Å². The van der Waals surface area contributed by atoms with Crippen LogP contribution in [-0.2, 0) is 30.3 Å². The van der Waals surface area contributed by atoms with Gasteiger partial charge in [-0.25, -0.2) is 9.59 Å². The Morgan fingerprint density at radius 2 is 1.40 bits per heavy atom. The van der Waals surface area contributed by atoms with E-state index in [2.05, 4.69) is 22.6 Å². The summed E-state index contributed by atoms with van der Waals surface area (Å²) in [7, 11) is 0. The van der Waals surface area contributed by atoms with Gasteiger partial charge in [-0.05, 0) is 65.5 Å². The van der Waals surface area contributed by atoms with Crippen molar-refractivity contribution in [3.05, 3.63) is 71.3 Å². The standard InChI is InChI=1S/C36H45N3O6/c1-11-26-20-16-17-21-27(26)30(39(12-2)32(41)28(22-24(3)4)38-34(43)45-36(8,9)10)31(40)37-29(33(42)44-35(5,6)7)23-25-18-14-13-15-19-25/h1-2,13-21,24,28-30H,22-23H2,3-10H3,(H,37,40)(H,38,43). The average Bonchev–Trinajstić information content (AvgIpc) is 2.93. The number of alkyl carbamates (subject to hydrolysis) is 1. The smallest absolute Gasteiger partial charge is 0.408 e. The Bertz CT molecular complexity index is 1420. The molecule has 2 aromatic rings. The van der Waals surface area contributed by atoms with Crippen molar-refractivity contribution in [3.8, 4) is 24.8 Å². The van der Waals surface area contributed by atoms with Crippen LogP contribution in [0.4, 0.5) is 4.79 Å². The van der Waals surface area contributed by atoms with Gasteiger partial charge in [0.05, 0.1) is 0 Å². The van der Waals surface area contributed by atoms with E-state index >= 15 is 0 Å². The maximum absolute atomic E-state index is 14.3. The van der Waals surface area contributed by atoms with Gasteiger partial charge in [-0.1, -0.05) is 74.7 Å². The summed E-state index contributed by atoms with van der Waals surface area (Å²) in [6.45, 7) is 14.0. The molecule has 0 aromatic heterocycles. The Labute approximate surface area is 267 Å². The molecule has 2 N–H and O–H groups in total. The molecule has 9 heteroatoms. The Morgan fingerprint density at radius 3 is 1.93 bits per heavy atom. The van der Waals surface area contributed by atoms with Gasteiger partial charge >= 0.3 is 12.1 Å². The number of carbonyl (C=O) groups is 4. The van der Waals surface area contributed by atoms with Crippen LogP contribution < -0.4 is 10.6 Å². The van der Waals surface area contributed by atoms with E-state index < -0.39 is 53.2 Å². The van der Waals surface area contributed by atoms with Gasteiger partial charge in [0.2, 0.25) is 5.91 Å². The normalized spacial score (nSPS) is 13.3. The van der Waals surface area contributed by atoms with Crippen LogP contribution in [0.5, 0.6) is 0 Å². The van der Waals surface area contributed by atoms with Crippen LogP contribution >= 0.6 is 0 Å². The quantitative estimate of drug-likeness (QED) is 0.206. The SMILES string of the molecule is C#Cc1ccccc1C(C(=O)NC(Cc1ccccc1)C(=O)OC(C)(C)C)N(C#C)C(=O)C(CC(C)C)NC(=O)OC(C)(C)C. The number of amides is 3. The first kappa shape index (κ1) is 36.4. The number of hydrogen-bond acceptors (Lipinski definition) is 6. The molecule has 240 valence electrons. The predicted molar refractivity (Wildman–Crippen MR) is 173 cm³/mol. The van der Waals surface area contributed by atoms with Gasteiger partial charge in [0.1, 0.15) is 29.3 Å². The van der Waals surface area contributed by atoms with E-state index in [1.807, 2.05) is 44.2 Å². The first-order valence-electron chi connectivity index (χ1n) is 14.9. The molecule has 0 bridgehead atoms. The van der Waals surface area contributed by atoms with Crippen molar-refractivity contribution in [1.82, 2.24) is 15.5 Å². The van der Waals surface area contributed by atoms with E-state index in [0.29, 0.717) is 5.56 Å². The number of terminal acetylenes is 2. The van der Waals surface area contributed by atoms with E-state index in [1.165, 1.54) is 0 Å². The van der Waals surface area contributed by atoms with E-state index in [4.69, 9.17) is 22.3 Å². The van der Waals surface area contributed by atoms with Gasteiger partial charge in [-0.2, -0.15) is 0 Å². The van der Waals surface area contributed by atoms with Crippen molar-refractivity contribution in [1.29, 1.82) is 0 Å². The number of esters is 1. The molecule has 2 aromatic carbocycles. The van der Waals surface area contributed by atoms with E-state index in [1.54, 1.807) is 65.8 Å². The van der Waals surface area contributed by atoms with Gasteiger partial charge in [0, 0.05) is 23.6 Å². The van der Waals surface area contributed by atoms with Gasteiger partial charge in [0.25, 0.3) is 5.91 Å². The first-order valence-corrected chi connectivity index (χ1v) is 14.9. The minimum Gasteiger partial charge on any atom is -0.458 e. The number of carbonyl (C=O) groups excluding carboxylic acids is 4. The van der Waals surface area contributed by atoms with Crippen LogP contribution in [0.1, 0.15) is 84.5 Å². The molecule has 2 rings (SSSR count). The predicted octanol–water partition coefficient (Wildman–Crippen LogP) is 5.14. The van der Waals surface area contributed by atoms with Crippen molar-refractivity contribution in [3.63, 3.8) is 0 Å². The lowest BCUT2D eigenvalue weighted by Gasteiger charge is -2.32. The molecule has 0 radical (unpaired) electrons. The summed E-state index contributed by atoms with van der Waals surface area (Å²) in [6.07, 6.45) is 11.2. The maximum Gasteiger partial charge on any atom is 0.408 e. The summed E-state index contributed by atoms with van der Waals surface area (Å²) in [4.78, 5) is 55.4. The first-order chi connectivity index (χ1) is 21.0. The fourth-order valence-electron chi connectivity index (χ4n) is 4.51. The fraction of sp³-hybridized carbons (Fsp3) is 0.444. The molecule has 0 aliphatic rings. The summed E-state index contributed by atoms with van der Waals surface area (Å²) in [5, 5.41) is 5.39. The number of nitrogens with one attached hydrogen (secondary N) is 2. The summed E-state index contributed by atoms with van der Waals surface area (Å²) < 4.78 is 11.0. The summed E-state index contributed by atoms with van der Waals surface area (Å²) in [5.74, 6) is 0.371. The zero-order chi connectivity index (χ0) is 33.9. The Hall–Kier alpha value is -4.76. The lowest BCUT2D eigenvalue weighted by atomic mass is 9.96.